The summed E-state index contributed by atoms with van der Waals surface area (Å²) in [7, 11) is 2.06. The molecule has 1 atom stereocenters. The van der Waals surface area contributed by atoms with Crippen molar-refractivity contribution in [1.82, 2.24) is 15.3 Å². The van der Waals surface area contributed by atoms with Crippen LogP contribution in [-0.2, 0) is 6.54 Å². The van der Waals surface area contributed by atoms with Crippen LogP contribution in [0.2, 0.25) is 0 Å². The van der Waals surface area contributed by atoms with Crippen molar-refractivity contribution in [3.05, 3.63) is 17.5 Å². The summed E-state index contributed by atoms with van der Waals surface area (Å²) in [6, 6.07) is 0.462. The first kappa shape index (κ1) is 15.9. The Kier molecular flexibility index (Phi) is 6.22. The predicted octanol–water partition coefficient (Wildman–Crippen LogP) is 2.77. The first-order chi connectivity index (χ1) is 8.95. The summed E-state index contributed by atoms with van der Waals surface area (Å²) in [6.45, 7) is 12.7. The smallest absolute Gasteiger partial charge is 0.225 e. The minimum atomic E-state index is 0.462. The maximum absolute atomic E-state index is 4.61. The van der Waals surface area contributed by atoms with Gasteiger partial charge in [-0.1, -0.05) is 20.8 Å². The van der Waals surface area contributed by atoms with Gasteiger partial charge < -0.3 is 10.2 Å². The molecule has 0 aliphatic rings. The maximum Gasteiger partial charge on any atom is 0.225 e. The fourth-order valence-corrected chi connectivity index (χ4v) is 1.79. The molecule has 1 aromatic heterocycles. The standard InChI is InChI=1S/C15H28N4/c1-7-12(4)19(6)15-17-10-14(13(5)18-15)9-16-8-11(2)3/h10-12,16H,7-9H2,1-6H3. The molecule has 1 heterocycles. The molecule has 0 spiro atoms. The van der Waals surface area contributed by atoms with Crippen LogP contribution in [0.4, 0.5) is 5.95 Å². The molecule has 1 N–H and O–H groups in total. The molecule has 0 amide bonds. The summed E-state index contributed by atoms with van der Waals surface area (Å²) in [6.07, 6.45) is 3.04. The maximum atomic E-state index is 4.61. The van der Waals surface area contributed by atoms with E-state index in [1.165, 1.54) is 5.56 Å². The van der Waals surface area contributed by atoms with Crippen molar-refractivity contribution in [3.63, 3.8) is 0 Å². The molecule has 4 nitrogen and oxygen atoms in total. The van der Waals surface area contributed by atoms with Crippen LogP contribution in [0.5, 0.6) is 0 Å². The Morgan fingerprint density at radius 1 is 1.32 bits per heavy atom. The van der Waals surface area contributed by atoms with Gasteiger partial charge in [-0.25, -0.2) is 9.97 Å². The molecule has 0 aliphatic carbocycles. The quantitative estimate of drug-likeness (QED) is 0.822. The van der Waals surface area contributed by atoms with Crippen molar-refractivity contribution in [2.75, 3.05) is 18.5 Å². The Morgan fingerprint density at radius 2 is 2.00 bits per heavy atom. The lowest BCUT2D eigenvalue weighted by atomic mass is 10.2. The number of hydrogen-bond acceptors (Lipinski definition) is 4. The van der Waals surface area contributed by atoms with Crippen LogP contribution in [-0.4, -0.2) is 29.6 Å². The highest BCUT2D eigenvalue weighted by atomic mass is 15.2. The lowest BCUT2D eigenvalue weighted by Gasteiger charge is -2.24. The average molecular weight is 264 g/mol. The summed E-state index contributed by atoms with van der Waals surface area (Å²) in [5, 5.41) is 3.43. The third-order valence-electron chi connectivity index (χ3n) is 3.50. The fraction of sp³-hybridized carbons (Fsp3) is 0.733. The minimum Gasteiger partial charge on any atom is -0.341 e. The molecule has 0 fully saturated rings. The van der Waals surface area contributed by atoms with E-state index in [-0.39, 0.29) is 0 Å². The van der Waals surface area contributed by atoms with E-state index >= 15 is 0 Å². The molecule has 1 aromatic rings. The van der Waals surface area contributed by atoms with Crippen LogP contribution < -0.4 is 10.2 Å². The van der Waals surface area contributed by atoms with E-state index in [9.17, 15) is 0 Å². The summed E-state index contributed by atoms with van der Waals surface area (Å²) in [5.74, 6) is 1.48. The molecule has 1 unspecified atom stereocenters. The highest BCUT2D eigenvalue weighted by molar-refractivity contribution is 5.32. The van der Waals surface area contributed by atoms with Crippen molar-refractivity contribution in [1.29, 1.82) is 0 Å². The Bertz CT molecular complexity index is 390. The molecular weight excluding hydrogens is 236 g/mol. The van der Waals surface area contributed by atoms with Gasteiger partial charge in [-0.05, 0) is 32.7 Å². The SMILES string of the molecule is CCC(C)N(C)c1ncc(CNCC(C)C)c(C)n1. The fourth-order valence-electron chi connectivity index (χ4n) is 1.79. The third-order valence-corrected chi connectivity index (χ3v) is 3.50. The van der Waals surface area contributed by atoms with Crippen molar-refractivity contribution in [3.8, 4) is 0 Å². The van der Waals surface area contributed by atoms with Gasteiger partial charge in [-0.2, -0.15) is 0 Å². The van der Waals surface area contributed by atoms with Gasteiger partial charge in [0.15, 0.2) is 0 Å². The largest absolute Gasteiger partial charge is 0.341 e. The van der Waals surface area contributed by atoms with E-state index in [2.05, 4.69) is 61.9 Å². The molecule has 1 rings (SSSR count). The van der Waals surface area contributed by atoms with Crippen LogP contribution in [0.25, 0.3) is 0 Å². The molecule has 19 heavy (non-hydrogen) atoms. The second-order valence-corrected chi connectivity index (χ2v) is 5.67. The average Bonchev–Trinajstić information content (AvgIpc) is 2.38. The Morgan fingerprint density at radius 3 is 2.53 bits per heavy atom. The van der Waals surface area contributed by atoms with Crippen LogP contribution >= 0.6 is 0 Å². The highest BCUT2D eigenvalue weighted by Gasteiger charge is 2.12. The van der Waals surface area contributed by atoms with Gasteiger partial charge in [0.25, 0.3) is 0 Å². The topological polar surface area (TPSA) is 41.1 Å². The first-order valence-corrected chi connectivity index (χ1v) is 7.21. The van der Waals surface area contributed by atoms with Crippen molar-refractivity contribution < 1.29 is 0 Å². The molecular formula is C15H28N4. The number of rotatable bonds is 7. The molecule has 4 heteroatoms. The summed E-state index contributed by atoms with van der Waals surface area (Å²) >= 11 is 0. The number of hydrogen-bond donors (Lipinski definition) is 1. The summed E-state index contributed by atoms with van der Waals surface area (Å²) in [4.78, 5) is 11.2. The molecule has 0 bridgehead atoms. The third kappa shape index (κ3) is 4.78. The van der Waals surface area contributed by atoms with E-state index in [0.29, 0.717) is 12.0 Å². The van der Waals surface area contributed by atoms with Crippen LogP contribution in [0, 0.1) is 12.8 Å². The molecule has 0 radical (unpaired) electrons. The second kappa shape index (κ2) is 7.43. The lowest BCUT2D eigenvalue weighted by Crippen LogP contribution is -2.30. The van der Waals surface area contributed by atoms with Gasteiger partial charge in [-0.3, -0.25) is 0 Å². The highest BCUT2D eigenvalue weighted by Crippen LogP contribution is 2.13. The predicted molar refractivity (Wildman–Crippen MR) is 81.5 cm³/mol. The van der Waals surface area contributed by atoms with Crippen LogP contribution in [0.1, 0.15) is 45.4 Å². The zero-order chi connectivity index (χ0) is 14.4. The molecule has 0 aromatic carbocycles. The monoisotopic (exact) mass is 264 g/mol. The minimum absolute atomic E-state index is 0.462. The zero-order valence-corrected chi connectivity index (χ0v) is 13.2. The van der Waals surface area contributed by atoms with Gasteiger partial charge >= 0.3 is 0 Å². The molecule has 0 saturated heterocycles. The van der Waals surface area contributed by atoms with Gasteiger partial charge in [-0.15, -0.1) is 0 Å². The number of aromatic nitrogens is 2. The lowest BCUT2D eigenvalue weighted by molar-refractivity contribution is 0.550. The van der Waals surface area contributed by atoms with Crippen LogP contribution in [0.3, 0.4) is 0 Å². The van der Waals surface area contributed by atoms with E-state index in [0.717, 1.165) is 31.2 Å². The van der Waals surface area contributed by atoms with Gasteiger partial charge in [0.1, 0.15) is 0 Å². The van der Waals surface area contributed by atoms with Gasteiger partial charge in [0.2, 0.25) is 5.95 Å². The van der Waals surface area contributed by atoms with Crippen molar-refractivity contribution in [2.24, 2.45) is 5.92 Å². The number of nitrogens with zero attached hydrogens (tertiary/aromatic N) is 3. The molecule has 108 valence electrons. The molecule has 0 saturated carbocycles. The van der Waals surface area contributed by atoms with Crippen molar-refractivity contribution in [2.45, 2.75) is 53.6 Å². The summed E-state index contributed by atoms with van der Waals surface area (Å²) in [5.41, 5.74) is 2.25. The zero-order valence-electron chi connectivity index (χ0n) is 13.2. The van der Waals surface area contributed by atoms with E-state index in [4.69, 9.17) is 0 Å². The van der Waals surface area contributed by atoms with E-state index in [1.54, 1.807) is 0 Å². The van der Waals surface area contributed by atoms with E-state index < -0.39 is 0 Å². The van der Waals surface area contributed by atoms with Gasteiger partial charge in [0, 0.05) is 37.1 Å². The Hall–Kier alpha value is -1.16. The van der Waals surface area contributed by atoms with Gasteiger partial charge in [0.05, 0.1) is 0 Å². The van der Waals surface area contributed by atoms with Crippen molar-refractivity contribution >= 4 is 5.95 Å². The normalized spacial score (nSPS) is 12.8. The Labute approximate surface area is 117 Å². The second-order valence-electron chi connectivity index (χ2n) is 5.67. The number of anilines is 1. The first-order valence-electron chi connectivity index (χ1n) is 7.21. The Balaban J connectivity index is 2.69. The van der Waals surface area contributed by atoms with E-state index in [1.807, 2.05) is 6.20 Å². The number of nitrogens with one attached hydrogen (secondary N) is 1. The molecule has 0 aliphatic heterocycles. The van der Waals surface area contributed by atoms with Crippen LogP contribution in [0.15, 0.2) is 6.20 Å². The summed E-state index contributed by atoms with van der Waals surface area (Å²) < 4.78 is 0. The number of aryl methyl sites for hydroxylation is 1.